The van der Waals surface area contributed by atoms with E-state index in [4.69, 9.17) is 0 Å². The number of aliphatic hydroxyl groups is 1. The van der Waals surface area contributed by atoms with E-state index in [9.17, 15) is 5.11 Å². The van der Waals surface area contributed by atoms with Gasteiger partial charge in [0.25, 0.3) is 0 Å². The van der Waals surface area contributed by atoms with E-state index in [2.05, 4.69) is 23.8 Å². The van der Waals surface area contributed by atoms with Gasteiger partial charge in [-0.25, -0.2) is 9.97 Å². The number of nitrogens with zero attached hydrogens (tertiary/aromatic N) is 2. The molecule has 0 bridgehead atoms. The number of aromatic nitrogens is 2. The van der Waals surface area contributed by atoms with Crippen molar-refractivity contribution in [3.8, 4) is 0 Å². The third-order valence-electron chi connectivity index (χ3n) is 2.85. The van der Waals surface area contributed by atoms with Crippen LogP contribution in [0.5, 0.6) is 0 Å². The lowest BCUT2D eigenvalue weighted by molar-refractivity contribution is 0.139. The van der Waals surface area contributed by atoms with Crippen molar-refractivity contribution in [2.45, 2.75) is 32.8 Å². The second-order valence-corrected chi connectivity index (χ2v) is 5.30. The molecule has 0 aliphatic heterocycles. The maximum atomic E-state index is 9.88. The van der Waals surface area contributed by atoms with Gasteiger partial charge in [0.15, 0.2) is 0 Å². The highest BCUT2D eigenvalue weighted by Crippen LogP contribution is 2.32. The zero-order valence-corrected chi connectivity index (χ0v) is 10.5. The highest BCUT2D eigenvalue weighted by Gasteiger charge is 2.24. The summed E-state index contributed by atoms with van der Waals surface area (Å²) >= 11 is 1.61. The minimum absolute atomic E-state index is 0.0695. The molecule has 0 radical (unpaired) electrons. The Hall–Kier alpha value is -1.00. The van der Waals surface area contributed by atoms with Crippen molar-refractivity contribution in [1.82, 2.24) is 9.97 Å². The van der Waals surface area contributed by atoms with Gasteiger partial charge in [-0.2, -0.15) is 0 Å². The normalized spacial score (nSPS) is 15.6. The van der Waals surface area contributed by atoms with Crippen LogP contribution in [0.4, 0.5) is 0 Å². The van der Waals surface area contributed by atoms with Crippen LogP contribution in [0.2, 0.25) is 0 Å². The number of aliphatic hydroxyl groups excluding tert-OH is 1. The lowest BCUT2D eigenvalue weighted by Crippen LogP contribution is -2.21. The van der Waals surface area contributed by atoms with Gasteiger partial charge in [-0.3, -0.25) is 0 Å². The molecular formula is C12H16N2OS. The third kappa shape index (κ3) is 1.95. The van der Waals surface area contributed by atoms with Gasteiger partial charge >= 0.3 is 0 Å². The summed E-state index contributed by atoms with van der Waals surface area (Å²) in [5.74, 6) is 0.429. The molecule has 0 amide bonds. The van der Waals surface area contributed by atoms with Crippen molar-refractivity contribution < 1.29 is 5.11 Å². The maximum absolute atomic E-state index is 9.88. The molecule has 2 unspecified atom stereocenters. The number of fused-ring (bicyclic) bond motifs is 1. The van der Waals surface area contributed by atoms with Crippen molar-refractivity contribution in [2.75, 3.05) is 0 Å². The van der Waals surface area contributed by atoms with Crippen LogP contribution in [0.3, 0.4) is 0 Å². The monoisotopic (exact) mass is 236 g/mol. The molecule has 0 aliphatic carbocycles. The van der Waals surface area contributed by atoms with Gasteiger partial charge in [0.1, 0.15) is 11.2 Å². The summed E-state index contributed by atoms with van der Waals surface area (Å²) in [5, 5.41) is 13.0. The zero-order valence-electron chi connectivity index (χ0n) is 9.71. The van der Waals surface area contributed by atoms with Crippen LogP contribution < -0.4 is 0 Å². The van der Waals surface area contributed by atoms with Crippen molar-refractivity contribution in [1.29, 1.82) is 0 Å². The third-order valence-corrected chi connectivity index (χ3v) is 3.67. The predicted octanol–water partition coefficient (Wildman–Crippen LogP) is 2.81. The zero-order chi connectivity index (χ0) is 11.7. The number of thiophene rings is 1. The standard InChI is InChI=1S/C12H16N2OS/c1-7(2)10(8(3)15)11-9-4-5-16-12(9)14-6-13-11/h4-8,10,15H,1-3H3. The van der Waals surface area contributed by atoms with Crippen LogP contribution in [-0.2, 0) is 0 Å². The van der Waals surface area contributed by atoms with E-state index in [0.717, 1.165) is 15.9 Å². The highest BCUT2D eigenvalue weighted by molar-refractivity contribution is 7.16. The van der Waals surface area contributed by atoms with Crippen LogP contribution in [0, 0.1) is 5.92 Å². The van der Waals surface area contributed by atoms with Crippen molar-refractivity contribution in [3.05, 3.63) is 23.5 Å². The Bertz CT molecular complexity index is 471. The minimum Gasteiger partial charge on any atom is -0.393 e. The minimum atomic E-state index is -0.391. The molecule has 2 aromatic rings. The van der Waals surface area contributed by atoms with E-state index >= 15 is 0 Å². The molecule has 2 heterocycles. The first kappa shape index (κ1) is 11.5. The summed E-state index contributed by atoms with van der Waals surface area (Å²) in [6.07, 6.45) is 1.20. The number of hydrogen-bond donors (Lipinski definition) is 1. The van der Waals surface area contributed by atoms with E-state index in [0.29, 0.717) is 5.92 Å². The lowest BCUT2D eigenvalue weighted by atomic mass is 9.87. The Morgan fingerprint density at radius 3 is 2.62 bits per heavy atom. The Labute approximate surface area is 99.2 Å². The second-order valence-electron chi connectivity index (χ2n) is 4.41. The first-order valence-electron chi connectivity index (χ1n) is 5.47. The Morgan fingerprint density at radius 1 is 1.25 bits per heavy atom. The maximum Gasteiger partial charge on any atom is 0.126 e. The summed E-state index contributed by atoms with van der Waals surface area (Å²) in [4.78, 5) is 9.58. The molecule has 2 atom stereocenters. The molecule has 86 valence electrons. The van der Waals surface area contributed by atoms with E-state index in [1.54, 1.807) is 17.7 Å². The van der Waals surface area contributed by atoms with Crippen molar-refractivity contribution in [3.63, 3.8) is 0 Å². The van der Waals surface area contributed by atoms with Crippen LogP contribution in [0.25, 0.3) is 10.2 Å². The van der Waals surface area contributed by atoms with E-state index in [-0.39, 0.29) is 5.92 Å². The molecule has 16 heavy (non-hydrogen) atoms. The van der Waals surface area contributed by atoms with Gasteiger partial charge in [0.2, 0.25) is 0 Å². The largest absolute Gasteiger partial charge is 0.393 e. The van der Waals surface area contributed by atoms with Gasteiger partial charge in [-0.05, 0) is 24.3 Å². The molecule has 0 saturated carbocycles. The fraction of sp³-hybridized carbons (Fsp3) is 0.500. The first-order chi connectivity index (χ1) is 7.61. The van der Waals surface area contributed by atoms with Crippen molar-refractivity contribution in [2.24, 2.45) is 5.92 Å². The van der Waals surface area contributed by atoms with E-state index in [1.807, 2.05) is 18.4 Å². The molecule has 1 N–H and O–H groups in total. The molecule has 0 saturated heterocycles. The van der Waals surface area contributed by atoms with Crippen LogP contribution in [0.15, 0.2) is 17.8 Å². The molecular weight excluding hydrogens is 220 g/mol. The van der Waals surface area contributed by atoms with Crippen LogP contribution >= 0.6 is 11.3 Å². The fourth-order valence-corrected chi connectivity index (χ4v) is 2.92. The summed E-state index contributed by atoms with van der Waals surface area (Å²) in [6, 6.07) is 2.03. The summed E-state index contributed by atoms with van der Waals surface area (Å²) in [5.41, 5.74) is 0.969. The van der Waals surface area contributed by atoms with Gasteiger partial charge in [-0.15, -0.1) is 11.3 Å². The van der Waals surface area contributed by atoms with Gasteiger partial charge in [0, 0.05) is 11.3 Å². The Morgan fingerprint density at radius 2 is 2.00 bits per heavy atom. The summed E-state index contributed by atoms with van der Waals surface area (Å²) in [6.45, 7) is 6.04. The van der Waals surface area contributed by atoms with Gasteiger partial charge < -0.3 is 5.11 Å². The SMILES string of the molecule is CC(C)C(c1ncnc2sccc12)C(C)O. The molecule has 0 aliphatic rings. The number of rotatable bonds is 3. The first-order valence-corrected chi connectivity index (χ1v) is 6.35. The van der Waals surface area contributed by atoms with Crippen molar-refractivity contribution >= 4 is 21.6 Å². The number of hydrogen-bond acceptors (Lipinski definition) is 4. The van der Waals surface area contributed by atoms with E-state index < -0.39 is 6.10 Å². The average molecular weight is 236 g/mol. The van der Waals surface area contributed by atoms with Gasteiger partial charge in [0.05, 0.1) is 11.8 Å². The van der Waals surface area contributed by atoms with Crippen LogP contribution in [0.1, 0.15) is 32.4 Å². The van der Waals surface area contributed by atoms with Gasteiger partial charge in [-0.1, -0.05) is 13.8 Å². The topological polar surface area (TPSA) is 46.0 Å². The highest BCUT2D eigenvalue weighted by atomic mass is 32.1. The Balaban J connectivity index is 2.56. The molecule has 0 aromatic carbocycles. The molecule has 2 aromatic heterocycles. The molecule has 3 nitrogen and oxygen atoms in total. The second kappa shape index (κ2) is 4.47. The summed E-state index contributed by atoms with van der Waals surface area (Å²) in [7, 11) is 0. The predicted molar refractivity (Wildman–Crippen MR) is 66.7 cm³/mol. The van der Waals surface area contributed by atoms with Crippen LogP contribution in [-0.4, -0.2) is 21.2 Å². The summed E-state index contributed by atoms with van der Waals surface area (Å²) < 4.78 is 0. The Kier molecular flexibility index (Phi) is 3.21. The lowest BCUT2D eigenvalue weighted by Gasteiger charge is -2.23. The molecule has 2 rings (SSSR count). The van der Waals surface area contributed by atoms with E-state index in [1.165, 1.54) is 0 Å². The molecule has 0 fully saturated rings. The molecule has 4 heteroatoms. The average Bonchev–Trinajstić information content (AvgIpc) is 2.65. The quantitative estimate of drug-likeness (QED) is 0.891. The smallest absolute Gasteiger partial charge is 0.126 e. The molecule has 0 spiro atoms. The fourth-order valence-electron chi connectivity index (χ4n) is 2.18.